The Morgan fingerprint density at radius 2 is 2.00 bits per heavy atom. The maximum absolute atomic E-state index is 11.1. The van der Waals surface area contributed by atoms with Crippen molar-refractivity contribution in [2.45, 2.75) is 6.10 Å². The first kappa shape index (κ1) is 15.6. The van der Waals surface area contributed by atoms with Gasteiger partial charge in [-0.05, 0) is 30.3 Å². The van der Waals surface area contributed by atoms with Crippen molar-refractivity contribution in [3.05, 3.63) is 63.6 Å². The molecule has 0 aliphatic rings. The van der Waals surface area contributed by atoms with E-state index in [1.807, 2.05) is 0 Å². The topological polar surface area (TPSA) is 72.6 Å². The Balaban J connectivity index is 2.05. The van der Waals surface area contributed by atoms with Gasteiger partial charge in [-0.15, -0.1) is 0 Å². The van der Waals surface area contributed by atoms with Crippen molar-refractivity contribution in [3.63, 3.8) is 0 Å². The molecule has 0 fully saturated rings. The summed E-state index contributed by atoms with van der Waals surface area (Å²) in [6.45, 7) is -0.0103. The van der Waals surface area contributed by atoms with Crippen LogP contribution in [0.3, 0.4) is 0 Å². The molecular formula is C15H13Cl2NO3. The Bertz CT molecular complexity index is 661. The highest BCUT2D eigenvalue weighted by atomic mass is 35.5. The van der Waals surface area contributed by atoms with Gasteiger partial charge < -0.3 is 15.6 Å². The van der Waals surface area contributed by atoms with Gasteiger partial charge in [0.05, 0.1) is 0 Å². The summed E-state index contributed by atoms with van der Waals surface area (Å²) >= 11 is 11.8. The van der Waals surface area contributed by atoms with Crippen molar-refractivity contribution in [1.29, 1.82) is 0 Å². The number of hydrogen-bond acceptors (Lipinski definition) is 3. The van der Waals surface area contributed by atoms with Gasteiger partial charge in [0, 0.05) is 21.2 Å². The molecule has 1 atom stereocenters. The van der Waals surface area contributed by atoms with E-state index in [0.717, 1.165) is 0 Å². The van der Waals surface area contributed by atoms with Crippen molar-refractivity contribution in [3.8, 4) is 5.75 Å². The molecule has 21 heavy (non-hydrogen) atoms. The molecule has 2 aromatic rings. The number of aliphatic hydroxyl groups excluding tert-OH is 1. The van der Waals surface area contributed by atoms with Gasteiger partial charge in [0.1, 0.15) is 18.5 Å². The highest BCUT2D eigenvalue weighted by Crippen LogP contribution is 2.27. The Morgan fingerprint density at radius 3 is 2.67 bits per heavy atom. The lowest BCUT2D eigenvalue weighted by Crippen LogP contribution is -2.12. The van der Waals surface area contributed by atoms with E-state index in [9.17, 15) is 9.90 Å². The number of amides is 1. The SMILES string of the molecule is NC(=O)c1cccc(OCC(O)c2ccc(Cl)cc2Cl)c1. The minimum absolute atomic E-state index is 0.0103. The summed E-state index contributed by atoms with van der Waals surface area (Å²) in [6.07, 6.45) is -0.910. The predicted molar refractivity (Wildman–Crippen MR) is 81.9 cm³/mol. The second-order valence-electron chi connectivity index (χ2n) is 4.38. The summed E-state index contributed by atoms with van der Waals surface area (Å²) < 4.78 is 5.45. The molecule has 0 saturated heterocycles. The maximum atomic E-state index is 11.1. The molecule has 6 heteroatoms. The number of carbonyl (C=O) groups excluding carboxylic acids is 1. The molecule has 0 aliphatic heterocycles. The highest BCUT2D eigenvalue weighted by Gasteiger charge is 2.13. The van der Waals surface area contributed by atoms with Crippen LogP contribution in [0.4, 0.5) is 0 Å². The average molecular weight is 326 g/mol. The van der Waals surface area contributed by atoms with E-state index in [1.165, 1.54) is 6.07 Å². The van der Waals surface area contributed by atoms with Crippen LogP contribution >= 0.6 is 23.2 Å². The predicted octanol–water partition coefficient (Wildman–Crippen LogP) is 3.20. The summed E-state index contributed by atoms with van der Waals surface area (Å²) in [4.78, 5) is 11.1. The fourth-order valence-electron chi connectivity index (χ4n) is 1.78. The lowest BCUT2D eigenvalue weighted by molar-refractivity contribution is 0.0997. The lowest BCUT2D eigenvalue weighted by atomic mass is 10.1. The summed E-state index contributed by atoms with van der Waals surface area (Å²) in [5.74, 6) is -0.0998. The van der Waals surface area contributed by atoms with E-state index in [1.54, 1.807) is 36.4 Å². The number of nitrogens with two attached hydrogens (primary N) is 1. The quantitative estimate of drug-likeness (QED) is 0.886. The number of aliphatic hydroxyl groups is 1. The number of primary amides is 1. The normalized spacial score (nSPS) is 12.0. The van der Waals surface area contributed by atoms with Crippen LogP contribution in [-0.4, -0.2) is 17.6 Å². The third-order valence-corrected chi connectivity index (χ3v) is 3.41. The minimum atomic E-state index is -0.910. The fourth-order valence-corrected chi connectivity index (χ4v) is 2.31. The van der Waals surface area contributed by atoms with Gasteiger partial charge in [-0.25, -0.2) is 0 Å². The zero-order valence-corrected chi connectivity index (χ0v) is 12.4. The molecule has 1 unspecified atom stereocenters. The van der Waals surface area contributed by atoms with E-state index in [2.05, 4.69) is 0 Å². The first-order valence-electron chi connectivity index (χ1n) is 6.13. The van der Waals surface area contributed by atoms with E-state index < -0.39 is 12.0 Å². The van der Waals surface area contributed by atoms with Gasteiger partial charge in [-0.1, -0.05) is 35.3 Å². The molecule has 3 N–H and O–H groups in total. The first-order valence-corrected chi connectivity index (χ1v) is 6.88. The maximum Gasteiger partial charge on any atom is 0.248 e. The van der Waals surface area contributed by atoms with Crippen molar-refractivity contribution in [2.24, 2.45) is 5.73 Å². The molecule has 0 aromatic heterocycles. The lowest BCUT2D eigenvalue weighted by Gasteiger charge is -2.14. The second-order valence-corrected chi connectivity index (χ2v) is 5.23. The van der Waals surface area contributed by atoms with Gasteiger partial charge in [-0.2, -0.15) is 0 Å². The van der Waals surface area contributed by atoms with Crippen molar-refractivity contribution in [2.75, 3.05) is 6.61 Å². The van der Waals surface area contributed by atoms with Crippen LogP contribution in [-0.2, 0) is 0 Å². The zero-order chi connectivity index (χ0) is 15.4. The third kappa shape index (κ3) is 4.11. The van der Waals surface area contributed by atoms with Crippen LogP contribution < -0.4 is 10.5 Å². The van der Waals surface area contributed by atoms with Crippen LogP contribution in [0.2, 0.25) is 10.0 Å². The molecule has 0 aliphatic carbocycles. The molecule has 0 heterocycles. The van der Waals surface area contributed by atoms with Gasteiger partial charge in [0.15, 0.2) is 0 Å². The summed E-state index contributed by atoms with van der Waals surface area (Å²) in [5.41, 5.74) is 6.05. The molecule has 110 valence electrons. The van der Waals surface area contributed by atoms with Crippen LogP contribution in [0.25, 0.3) is 0 Å². The van der Waals surface area contributed by atoms with Crippen molar-refractivity contribution >= 4 is 29.1 Å². The van der Waals surface area contributed by atoms with Crippen LogP contribution in [0.5, 0.6) is 5.75 Å². The molecule has 4 nitrogen and oxygen atoms in total. The van der Waals surface area contributed by atoms with Crippen molar-refractivity contribution < 1.29 is 14.6 Å². The summed E-state index contributed by atoms with van der Waals surface area (Å²) in [6, 6.07) is 11.2. The molecule has 1 amide bonds. The average Bonchev–Trinajstić information content (AvgIpc) is 2.45. The number of hydrogen-bond donors (Lipinski definition) is 2. The largest absolute Gasteiger partial charge is 0.491 e. The second kappa shape index (κ2) is 6.80. The van der Waals surface area contributed by atoms with E-state index in [0.29, 0.717) is 26.9 Å². The van der Waals surface area contributed by atoms with Crippen LogP contribution in [0.1, 0.15) is 22.0 Å². The van der Waals surface area contributed by atoms with E-state index in [4.69, 9.17) is 33.7 Å². The number of ether oxygens (including phenoxy) is 1. The molecule has 2 aromatic carbocycles. The highest BCUT2D eigenvalue weighted by molar-refractivity contribution is 6.35. The van der Waals surface area contributed by atoms with Crippen LogP contribution in [0.15, 0.2) is 42.5 Å². The zero-order valence-electron chi connectivity index (χ0n) is 10.9. The molecular weight excluding hydrogens is 313 g/mol. The molecule has 2 rings (SSSR count). The summed E-state index contributed by atoms with van der Waals surface area (Å²) in [5, 5.41) is 10.9. The smallest absolute Gasteiger partial charge is 0.248 e. The standard InChI is InChI=1S/C15H13Cl2NO3/c16-10-4-5-12(13(17)7-10)14(19)8-21-11-3-1-2-9(6-11)15(18)20/h1-7,14,19H,8H2,(H2,18,20). The number of halogens is 2. The molecule has 0 bridgehead atoms. The van der Waals surface area contributed by atoms with E-state index >= 15 is 0 Å². The molecule has 0 radical (unpaired) electrons. The van der Waals surface area contributed by atoms with E-state index in [-0.39, 0.29) is 6.61 Å². The van der Waals surface area contributed by atoms with Crippen molar-refractivity contribution in [1.82, 2.24) is 0 Å². The monoisotopic (exact) mass is 325 g/mol. The number of carbonyl (C=O) groups is 1. The Labute approximate surface area is 132 Å². The Morgan fingerprint density at radius 1 is 1.24 bits per heavy atom. The first-order chi connectivity index (χ1) is 9.97. The molecule has 0 saturated carbocycles. The Hall–Kier alpha value is -1.75. The van der Waals surface area contributed by atoms with Gasteiger partial charge in [0.2, 0.25) is 5.91 Å². The van der Waals surface area contributed by atoms with Gasteiger partial charge in [-0.3, -0.25) is 4.79 Å². The Kier molecular flexibility index (Phi) is 5.07. The van der Waals surface area contributed by atoms with Crippen LogP contribution in [0, 0.1) is 0 Å². The number of rotatable bonds is 5. The third-order valence-electron chi connectivity index (χ3n) is 2.85. The summed E-state index contributed by atoms with van der Waals surface area (Å²) in [7, 11) is 0. The van der Waals surface area contributed by atoms with Gasteiger partial charge in [0.25, 0.3) is 0 Å². The van der Waals surface area contributed by atoms with Gasteiger partial charge >= 0.3 is 0 Å². The minimum Gasteiger partial charge on any atom is -0.491 e. The fraction of sp³-hybridized carbons (Fsp3) is 0.133. The molecule has 0 spiro atoms. The number of benzene rings is 2.